The number of sulfonamides is 1. The van der Waals surface area contributed by atoms with E-state index in [9.17, 15) is 13.2 Å². The lowest BCUT2D eigenvalue weighted by molar-refractivity contribution is -0.134. The zero-order valence-corrected chi connectivity index (χ0v) is 8.81. The predicted octanol–water partition coefficient (Wildman–Crippen LogP) is 0.179. The van der Waals surface area contributed by atoms with Gasteiger partial charge in [0.25, 0.3) is 0 Å². The van der Waals surface area contributed by atoms with Gasteiger partial charge in [-0.1, -0.05) is 6.92 Å². The first-order valence-corrected chi connectivity index (χ1v) is 5.57. The van der Waals surface area contributed by atoms with Crippen molar-refractivity contribution in [3.05, 3.63) is 0 Å². The highest BCUT2D eigenvalue weighted by Gasteiger charge is 2.24. The number of rotatable bonds is 5. The minimum atomic E-state index is -3.70. The molecule has 0 rings (SSSR count). The van der Waals surface area contributed by atoms with E-state index in [-0.39, 0.29) is 0 Å². The van der Waals surface area contributed by atoms with E-state index in [4.69, 9.17) is 5.11 Å². The van der Waals surface area contributed by atoms with Crippen molar-refractivity contribution in [2.75, 3.05) is 5.75 Å². The Balaban J connectivity index is 4.44. The molecule has 0 bridgehead atoms. The van der Waals surface area contributed by atoms with Gasteiger partial charge in [0.1, 0.15) is 0 Å². The lowest BCUT2D eigenvalue weighted by atomic mass is 10.0. The predicted molar refractivity (Wildman–Crippen MR) is 48.9 cm³/mol. The average Bonchev–Trinajstić information content (AvgIpc) is 1.81. The number of carbonyl (C=O) groups is 1. The molecule has 78 valence electrons. The van der Waals surface area contributed by atoms with Crippen LogP contribution in [0.3, 0.4) is 0 Å². The lowest BCUT2D eigenvalue weighted by Crippen LogP contribution is -2.44. The van der Waals surface area contributed by atoms with Crippen LogP contribution >= 0.6 is 0 Å². The molecule has 2 N–H and O–H groups in total. The maximum Gasteiger partial charge on any atom is 0.320 e. The Hall–Kier alpha value is -0.620. The van der Waals surface area contributed by atoms with Gasteiger partial charge in [-0.05, 0) is 20.3 Å². The van der Waals surface area contributed by atoms with Gasteiger partial charge in [0, 0.05) is 5.54 Å². The first kappa shape index (κ1) is 12.4. The molecule has 0 aromatic rings. The van der Waals surface area contributed by atoms with Gasteiger partial charge in [-0.15, -0.1) is 0 Å². The summed E-state index contributed by atoms with van der Waals surface area (Å²) < 4.78 is 24.6. The van der Waals surface area contributed by atoms with Gasteiger partial charge < -0.3 is 5.11 Å². The van der Waals surface area contributed by atoms with Crippen LogP contribution in [-0.2, 0) is 14.8 Å². The molecule has 0 aliphatic rings. The molecule has 0 saturated carbocycles. The minimum absolute atomic E-state index is 0.589. The monoisotopic (exact) mass is 209 g/mol. The smallest absolute Gasteiger partial charge is 0.320 e. The molecule has 0 saturated heterocycles. The molecule has 0 atom stereocenters. The largest absolute Gasteiger partial charge is 0.480 e. The highest BCUT2D eigenvalue weighted by molar-refractivity contribution is 7.90. The van der Waals surface area contributed by atoms with Crippen LogP contribution in [0.2, 0.25) is 0 Å². The van der Waals surface area contributed by atoms with E-state index in [0.29, 0.717) is 6.42 Å². The fraction of sp³-hybridized carbons (Fsp3) is 0.857. The molecule has 0 aliphatic carbocycles. The number of hydrogen-bond acceptors (Lipinski definition) is 3. The quantitative estimate of drug-likeness (QED) is 0.676. The molecule has 0 radical (unpaired) electrons. The Morgan fingerprint density at radius 3 is 2.23 bits per heavy atom. The van der Waals surface area contributed by atoms with Crippen LogP contribution in [0.25, 0.3) is 0 Å². The molecular formula is C7H15NO4S. The molecule has 0 fully saturated rings. The molecule has 5 nitrogen and oxygen atoms in total. The van der Waals surface area contributed by atoms with Crippen molar-refractivity contribution in [3.63, 3.8) is 0 Å². The van der Waals surface area contributed by atoms with Crippen molar-refractivity contribution in [3.8, 4) is 0 Å². The second kappa shape index (κ2) is 4.06. The van der Waals surface area contributed by atoms with Gasteiger partial charge in [0.15, 0.2) is 5.75 Å². The molecule has 6 heteroatoms. The Kier molecular flexibility index (Phi) is 3.87. The fourth-order valence-electron chi connectivity index (χ4n) is 0.692. The zero-order valence-electron chi connectivity index (χ0n) is 7.99. The third kappa shape index (κ3) is 5.59. The van der Waals surface area contributed by atoms with Crippen LogP contribution in [0.5, 0.6) is 0 Å². The summed E-state index contributed by atoms with van der Waals surface area (Å²) in [5.74, 6) is -2.23. The van der Waals surface area contributed by atoms with Crippen molar-refractivity contribution in [2.45, 2.75) is 32.7 Å². The first-order valence-electron chi connectivity index (χ1n) is 3.92. The van der Waals surface area contributed by atoms with Gasteiger partial charge in [0.05, 0.1) is 0 Å². The molecule has 0 amide bonds. The van der Waals surface area contributed by atoms with E-state index >= 15 is 0 Å². The topological polar surface area (TPSA) is 83.5 Å². The van der Waals surface area contributed by atoms with Crippen LogP contribution in [0.1, 0.15) is 27.2 Å². The van der Waals surface area contributed by atoms with Gasteiger partial charge in [-0.2, -0.15) is 0 Å². The SMILES string of the molecule is CCC(C)(C)NS(=O)(=O)CC(=O)O. The van der Waals surface area contributed by atoms with Crippen LogP contribution in [0.4, 0.5) is 0 Å². The summed E-state index contributed by atoms with van der Waals surface area (Å²) in [7, 11) is -3.70. The number of nitrogens with one attached hydrogen (secondary N) is 1. The third-order valence-electron chi connectivity index (χ3n) is 1.63. The number of carboxylic acids is 1. The third-order valence-corrected chi connectivity index (χ3v) is 3.12. The Morgan fingerprint density at radius 1 is 1.46 bits per heavy atom. The van der Waals surface area contributed by atoms with Crippen molar-refractivity contribution >= 4 is 16.0 Å². The number of carboxylic acid groups (broad SMARTS) is 1. The maximum atomic E-state index is 11.1. The molecule has 0 unspecified atom stereocenters. The Labute approximate surface area is 78.2 Å². The van der Waals surface area contributed by atoms with Gasteiger partial charge in [-0.25, -0.2) is 13.1 Å². The first-order chi connectivity index (χ1) is 5.68. The summed E-state index contributed by atoms with van der Waals surface area (Å²) >= 11 is 0. The Bertz CT molecular complexity index is 281. The second-order valence-corrected chi connectivity index (χ2v) is 5.21. The van der Waals surface area contributed by atoms with Crippen LogP contribution < -0.4 is 4.72 Å². The van der Waals surface area contributed by atoms with Gasteiger partial charge in [0.2, 0.25) is 10.0 Å². The van der Waals surface area contributed by atoms with E-state index in [1.54, 1.807) is 13.8 Å². The van der Waals surface area contributed by atoms with Gasteiger partial charge in [-0.3, -0.25) is 4.79 Å². The summed E-state index contributed by atoms with van der Waals surface area (Å²) in [4.78, 5) is 10.2. The molecular weight excluding hydrogens is 194 g/mol. The molecule has 0 aromatic carbocycles. The zero-order chi connectivity index (χ0) is 10.7. The van der Waals surface area contributed by atoms with Crippen molar-refractivity contribution < 1.29 is 18.3 Å². The van der Waals surface area contributed by atoms with Crippen LogP contribution in [0.15, 0.2) is 0 Å². The maximum absolute atomic E-state index is 11.1. The molecule has 13 heavy (non-hydrogen) atoms. The average molecular weight is 209 g/mol. The summed E-state index contributed by atoms with van der Waals surface area (Å²) in [5.41, 5.74) is -0.589. The van der Waals surface area contributed by atoms with E-state index in [1.807, 2.05) is 6.92 Å². The van der Waals surface area contributed by atoms with E-state index in [1.165, 1.54) is 0 Å². The Morgan fingerprint density at radius 2 is 1.92 bits per heavy atom. The molecule has 0 spiro atoms. The number of aliphatic carboxylic acids is 1. The van der Waals surface area contributed by atoms with Crippen molar-refractivity contribution in [1.82, 2.24) is 4.72 Å². The second-order valence-electron chi connectivity index (χ2n) is 3.49. The van der Waals surface area contributed by atoms with E-state index < -0.39 is 27.3 Å². The highest BCUT2D eigenvalue weighted by atomic mass is 32.2. The summed E-state index contributed by atoms with van der Waals surface area (Å²) in [5, 5.41) is 8.30. The van der Waals surface area contributed by atoms with Crippen LogP contribution in [-0.4, -0.2) is 30.8 Å². The molecule has 0 heterocycles. The summed E-state index contributed by atoms with van der Waals surface area (Å²) in [6, 6.07) is 0. The molecule has 0 aliphatic heterocycles. The van der Waals surface area contributed by atoms with E-state index in [0.717, 1.165) is 0 Å². The normalized spacial score (nSPS) is 12.8. The highest BCUT2D eigenvalue weighted by Crippen LogP contribution is 2.08. The van der Waals surface area contributed by atoms with Crippen molar-refractivity contribution in [1.29, 1.82) is 0 Å². The minimum Gasteiger partial charge on any atom is -0.480 e. The molecule has 0 aromatic heterocycles. The standard InChI is InChI=1S/C7H15NO4S/c1-4-7(2,3)8-13(11,12)5-6(9)10/h8H,4-5H2,1-3H3,(H,9,10). The van der Waals surface area contributed by atoms with E-state index in [2.05, 4.69) is 4.72 Å². The lowest BCUT2D eigenvalue weighted by Gasteiger charge is -2.23. The fourth-order valence-corrected chi connectivity index (χ4v) is 2.08. The summed E-state index contributed by atoms with van der Waals surface area (Å²) in [6.45, 7) is 5.22. The summed E-state index contributed by atoms with van der Waals surface area (Å²) in [6.07, 6.45) is 0.603. The van der Waals surface area contributed by atoms with Crippen molar-refractivity contribution in [2.24, 2.45) is 0 Å². The van der Waals surface area contributed by atoms with Gasteiger partial charge >= 0.3 is 5.97 Å². The number of hydrogen-bond donors (Lipinski definition) is 2. The van der Waals surface area contributed by atoms with Crippen LogP contribution in [0, 0.1) is 0 Å².